The Morgan fingerprint density at radius 2 is 1.83 bits per heavy atom. The number of benzene rings is 2. The number of aliphatic hydroxyl groups excluding tert-OH is 1. The molecule has 0 radical (unpaired) electrons. The van der Waals surface area contributed by atoms with Gasteiger partial charge >= 0.3 is 0 Å². The first-order chi connectivity index (χ1) is 22.8. The van der Waals surface area contributed by atoms with Crippen LogP contribution in [0.2, 0.25) is 0 Å². The summed E-state index contributed by atoms with van der Waals surface area (Å²) in [6.45, 7) is 5.71. The fourth-order valence-electron chi connectivity index (χ4n) is 5.33. The molecule has 0 bridgehead atoms. The second-order valence-electron chi connectivity index (χ2n) is 12.0. The van der Waals surface area contributed by atoms with Crippen LogP contribution in [0.1, 0.15) is 50.4 Å². The Kier molecular flexibility index (Phi) is 12.9. The van der Waals surface area contributed by atoms with Gasteiger partial charge in [0, 0.05) is 38.3 Å². The Labute approximate surface area is 287 Å². The second-order valence-corrected chi connectivity index (χ2v) is 16.9. The number of amides is 1. The van der Waals surface area contributed by atoms with Crippen LogP contribution in [-0.2, 0) is 24.8 Å². The molecule has 3 aromatic rings. The molecule has 2 heterocycles. The Bertz CT molecular complexity index is 1720. The van der Waals surface area contributed by atoms with E-state index < -0.39 is 38.1 Å². The molecular formula is C33H45N3O9S3. The van der Waals surface area contributed by atoms with Crippen molar-refractivity contribution in [3.05, 3.63) is 65.5 Å². The summed E-state index contributed by atoms with van der Waals surface area (Å²) in [7, 11) is -4.76. The van der Waals surface area contributed by atoms with Crippen molar-refractivity contribution >= 4 is 43.0 Å². The van der Waals surface area contributed by atoms with Crippen LogP contribution in [0.25, 0.3) is 0 Å². The summed E-state index contributed by atoms with van der Waals surface area (Å²) < 4.78 is 74.7. The normalized spacial score (nSPS) is 20.8. The van der Waals surface area contributed by atoms with E-state index in [0.717, 1.165) is 17.8 Å². The molecule has 0 spiro atoms. The number of methoxy groups -OCH3 is 1. The molecule has 1 aromatic heterocycles. The number of sulfonamides is 2. The van der Waals surface area contributed by atoms with Crippen molar-refractivity contribution in [3.8, 4) is 11.5 Å². The number of ether oxygens (including phenoxy) is 3. The van der Waals surface area contributed by atoms with Crippen LogP contribution < -0.4 is 14.2 Å². The molecule has 4 atom stereocenters. The van der Waals surface area contributed by atoms with Crippen molar-refractivity contribution < 1.29 is 40.9 Å². The minimum absolute atomic E-state index is 0.0149. The van der Waals surface area contributed by atoms with Crippen LogP contribution in [0, 0.1) is 5.92 Å². The van der Waals surface area contributed by atoms with Gasteiger partial charge in [-0.2, -0.15) is 4.31 Å². The summed E-state index contributed by atoms with van der Waals surface area (Å²) >= 11 is 1.14. The molecule has 1 amide bonds. The SMILES string of the molecule is COc1ccc(S(=O)(=O)Nc2ccc3c(c2)C(=O)N([C@@H](C)CO)C[C@H](C)[C@H](CN(C)S(=O)(=O)c2cccs2)OCCCC[C@@H](C)O3)cc1. The third-order valence-electron chi connectivity index (χ3n) is 8.27. The highest BCUT2D eigenvalue weighted by molar-refractivity contribution is 7.92. The van der Waals surface area contributed by atoms with E-state index >= 15 is 0 Å². The molecule has 0 unspecified atom stereocenters. The maximum absolute atomic E-state index is 14.4. The average molecular weight is 724 g/mol. The highest BCUT2D eigenvalue weighted by Gasteiger charge is 2.33. The van der Waals surface area contributed by atoms with E-state index in [1.807, 2.05) is 13.8 Å². The number of carbonyl (C=O) groups is 1. The second kappa shape index (κ2) is 16.5. The molecule has 1 aliphatic rings. The van der Waals surface area contributed by atoms with Gasteiger partial charge in [-0.05, 0) is 87.0 Å². The molecule has 12 nitrogen and oxygen atoms in total. The van der Waals surface area contributed by atoms with Gasteiger partial charge in [0.2, 0.25) is 0 Å². The molecule has 48 heavy (non-hydrogen) atoms. The lowest BCUT2D eigenvalue weighted by Crippen LogP contribution is -2.48. The number of hydrogen-bond donors (Lipinski definition) is 2. The van der Waals surface area contributed by atoms with Gasteiger partial charge in [0.1, 0.15) is 15.7 Å². The zero-order chi connectivity index (χ0) is 35.1. The first-order valence-electron chi connectivity index (χ1n) is 15.8. The third-order valence-corrected chi connectivity index (χ3v) is 12.9. The Morgan fingerprint density at radius 1 is 1.10 bits per heavy atom. The lowest BCUT2D eigenvalue weighted by Gasteiger charge is -2.35. The highest BCUT2D eigenvalue weighted by Crippen LogP contribution is 2.30. The van der Waals surface area contributed by atoms with E-state index in [-0.39, 0.29) is 57.8 Å². The Balaban J connectivity index is 1.67. The smallest absolute Gasteiger partial charge is 0.261 e. The van der Waals surface area contributed by atoms with Crippen molar-refractivity contribution in [2.24, 2.45) is 5.92 Å². The summed E-state index contributed by atoms with van der Waals surface area (Å²) in [6, 6.07) is 13.1. The predicted molar refractivity (Wildman–Crippen MR) is 185 cm³/mol. The van der Waals surface area contributed by atoms with Gasteiger partial charge in [-0.3, -0.25) is 9.52 Å². The van der Waals surface area contributed by atoms with Crippen LogP contribution in [0.5, 0.6) is 11.5 Å². The number of fused-ring (bicyclic) bond motifs is 1. The minimum atomic E-state index is -4.01. The van der Waals surface area contributed by atoms with Gasteiger partial charge in [-0.25, -0.2) is 16.8 Å². The fourth-order valence-corrected chi connectivity index (χ4v) is 8.77. The molecule has 0 saturated heterocycles. The van der Waals surface area contributed by atoms with Crippen LogP contribution >= 0.6 is 11.3 Å². The predicted octanol–water partition coefficient (Wildman–Crippen LogP) is 4.67. The number of thiophene rings is 1. The van der Waals surface area contributed by atoms with E-state index in [4.69, 9.17) is 14.2 Å². The Hall–Kier alpha value is -3.21. The van der Waals surface area contributed by atoms with Crippen molar-refractivity contribution in [3.63, 3.8) is 0 Å². The van der Waals surface area contributed by atoms with Crippen LogP contribution in [0.3, 0.4) is 0 Å². The molecule has 2 aromatic carbocycles. The highest BCUT2D eigenvalue weighted by atomic mass is 32.2. The zero-order valence-electron chi connectivity index (χ0n) is 27.9. The molecule has 1 aliphatic heterocycles. The lowest BCUT2D eigenvalue weighted by molar-refractivity contribution is -0.00832. The summed E-state index contributed by atoms with van der Waals surface area (Å²) in [4.78, 5) is 15.9. The number of nitrogens with zero attached hydrogens (tertiary/aromatic N) is 2. The maximum Gasteiger partial charge on any atom is 0.261 e. The van der Waals surface area contributed by atoms with Crippen molar-refractivity contribution in [1.29, 1.82) is 0 Å². The molecular weight excluding hydrogens is 679 g/mol. The van der Waals surface area contributed by atoms with E-state index in [2.05, 4.69) is 4.72 Å². The van der Waals surface area contributed by atoms with Crippen molar-refractivity contribution in [2.75, 3.05) is 45.2 Å². The van der Waals surface area contributed by atoms with E-state index in [9.17, 15) is 26.7 Å². The standard InChI is InChI=1S/C33H45N3O9S3/c1-23-20-36(24(2)22-37)33(38)29-19-26(34-47(39,40)28-14-12-27(43-5)13-15-28)11-16-30(29)45-25(3)9-6-7-17-44-31(23)21-35(4)48(41,42)32-10-8-18-46-32/h8,10-16,18-19,23-25,31,34,37H,6-7,9,17,20-22H2,1-5H3/t23-,24-,25+,31-/m0/s1. The lowest BCUT2D eigenvalue weighted by atomic mass is 10.0. The molecule has 15 heteroatoms. The van der Waals surface area contributed by atoms with E-state index in [0.29, 0.717) is 25.2 Å². The largest absolute Gasteiger partial charge is 0.497 e. The first-order valence-corrected chi connectivity index (χ1v) is 19.6. The van der Waals surface area contributed by atoms with E-state index in [1.54, 1.807) is 48.7 Å². The van der Waals surface area contributed by atoms with Crippen LogP contribution in [-0.4, -0.2) is 95.8 Å². The summed E-state index contributed by atoms with van der Waals surface area (Å²) in [5, 5.41) is 11.9. The summed E-state index contributed by atoms with van der Waals surface area (Å²) in [5.74, 6) is -0.0411. The van der Waals surface area contributed by atoms with Gasteiger partial charge in [-0.15, -0.1) is 11.3 Å². The van der Waals surface area contributed by atoms with Gasteiger partial charge in [0.15, 0.2) is 0 Å². The number of nitrogens with one attached hydrogen (secondary N) is 1. The number of anilines is 1. The quantitative estimate of drug-likeness (QED) is 0.304. The third kappa shape index (κ3) is 9.27. The van der Waals surface area contributed by atoms with Crippen LogP contribution in [0.4, 0.5) is 5.69 Å². The monoisotopic (exact) mass is 723 g/mol. The molecule has 2 N–H and O–H groups in total. The zero-order valence-corrected chi connectivity index (χ0v) is 30.3. The fraction of sp³-hybridized carbons (Fsp3) is 0.485. The molecule has 0 fully saturated rings. The topological polar surface area (TPSA) is 152 Å². The van der Waals surface area contributed by atoms with Gasteiger partial charge in [0.05, 0.1) is 42.4 Å². The number of carbonyl (C=O) groups excluding carboxylic acids is 1. The molecule has 0 saturated carbocycles. The van der Waals surface area contributed by atoms with Crippen molar-refractivity contribution in [1.82, 2.24) is 9.21 Å². The first kappa shape index (κ1) is 37.6. The maximum atomic E-state index is 14.4. The molecule has 0 aliphatic carbocycles. The number of hydrogen-bond acceptors (Lipinski definition) is 10. The molecule has 4 rings (SSSR count). The Morgan fingerprint density at radius 3 is 2.48 bits per heavy atom. The average Bonchev–Trinajstić information content (AvgIpc) is 3.62. The number of likely N-dealkylation sites (N-methyl/N-ethyl adjacent to an activating group) is 1. The van der Waals surface area contributed by atoms with E-state index in [1.165, 1.54) is 41.6 Å². The van der Waals surface area contributed by atoms with Crippen molar-refractivity contribution in [2.45, 2.75) is 67.4 Å². The number of rotatable bonds is 10. The van der Waals surface area contributed by atoms with Crippen LogP contribution in [0.15, 0.2) is 69.1 Å². The summed E-state index contributed by atoms with van der Waals surface area (Å²) in [5.41, 5.74) is 0.276. The molecule has 264 valence electrons. The number of aliphatic hydroxyl groups is 1. The summed E-state index contributed by atoms with van der Waals surface area (Å²) in [6.07, 6.45) is 1.30. The van der Waals surface area contributed by atoms with Gasteiger partial charge < -0.3 is 24.2 Å². The minimum Gasteiger partial charge on any atom is -0.497 e. The van der Waals surface area contributed by atoms with Gasteiger partial charge in [0.25, 0.3) is 26.0 Å². The van der Waals surface area contributed by atoms with Gasteiger partial charge in [-0.1, -0.05) is 13.0 Å².